The van der Waals surface area contributed by atoms with Crippen LogP contribution in [0, 0.1) is 0 Å². The molecule has 0 saturated heterocycles. The molecule has 0 aliphatic rings. The van der Waals surface area contributed by atoms with Gasteiger partial charge in [-0.05, 0) is 68.6 Å². The molecule has 2 aromatic rings. The van der Waals surface area contributed by atoms with Gasteiger partial charge in [0.2, 0.25) is 0 Å². The first kappa shape index (κ1) is 15.0. The predicted molar refractivity (Wildman–Crippen MR) is 88.2 cm³/mol. The topological polar surface area (TPSA) is 21.3 Å². The molecular formula is C14H15Br2NOS. The van der Waals surface area contributed by atoms with Crippen molar-refractivity contribution in [3.05, 3.63) is 49.0 Å². The molecular weight excluding hydrogens is 390 g/mol. The number of halogens is 2. The van der Waals surface area contributed by atoms with E-state index >= 15 is 0 Å². The number of nitrogens with one attached hydrogen (secondary N) is 1. The van der Waals surface area contributed by atoms with E-state index in [0.717, 1.165) is 19.7 Å². The summed E-state index contributed by atoms with van der Waals surface area (Å²) in [5.74, 6) is 0.938. The van der Waals surface area contributed by atoms with Crippen molar-refractivity contribution in [1.82, 2.24) is 5.32 Å². The monoisotopic (exact) mass is 403 g/mol. The molecule has 1 aromatic carbocycles. The number of hydrogen-bond donors (Lipinski definition) is 1. The summed E-state index contributed by atoms with van der Waals surface area (Å²) in [6.07, 6.45) is 0.891. The van der Waals surface area contributed by atoms with Crippen molar-refractivity contribution >= 4 is 43.2 Å². The van der Waals surface area contributed by atoms with Gasteiger partial charge >= 0.3 is 0 Å². The van der Waals surface area contributed by atoms with E-state index in [2.05, 4.69) is 49.3 Å². The standard InChI is InChI=1S/C14H15Br2NOS/c1-17-11(10-8-13(15)19-14(10)16)7-9-5-3-4-6-12(9)18-2/h3-6,8,11,17H,7H2,1-2H3. The van der Waals surface area contributed by atoms with E-state index in [1.165, 1.54) is 11.1 Å². The minimum atomic E-state index is 0.258. The predicted octanol–water partition coefficient (Wildman–Crippen LogP) is 4.78. The van der Waals surface area contributed by atoms with Gasteiger partial charge in [0, 0.05) is 6.04 Å². The lowest BCUT2D eigenvalue weighted by atomic mass is 10.0. The number of likely N-dealkylation sites (N-methyl/N-ethyl adjacent to an activating group) is 1. The van der Waals surface area contributed by atoms with Crippen LogP contribution in [0.15, 0.2) is 37.9 Å². The molecule has 0 fully saturated rings. The molecule has 1 N–H and O–H groups in total. The van der Waals surface area contributed by atoms with Crippen molar-refractivity contribution in [2.75, 3.05) is 14.2 Å². The van der Waals surface area contributed by atoms with Gasteiger partial charge in [0.1, 0.15) is 5.75 Å². The third-order valence-corrected chi connectivity index (χ3v) is 5.41. The molecule has 0 aliphatic heterocycles. The van der Waals surface area contributed by atoms with E-state index in [0.29, 0.717) is 0 Å². The zero-order valence-corrected chi connectivity index (χ0v) is 14.7. The van der Waals surface area contributed by atoms with Crippen molar-refractivity contribution < 1.29 is 4.74 Å². The SMILES string of the molecule is CNC(Cc1ccccc1OC)c1cc(Br)sc1Br. The summed E-state index contributed by atoms with van der Waals surface area (Å²) in [5.41, 5.74) is 2.48. The van der Waals surface area contributed by atoms with Crippen LogP contribution in [0.3, 0.4) is 0 Å². The zero-order valence-electron chi connectivity index (χ0n) is 10.7. The van der Waals surface area contributed by atoms with Crippen molar-refractivity contribution in [2.45, 2.75) is 12.5 Å². The van der Waals surface area contributed by atoms with E-state index in [4.69, 9.17) is 4.74 Å². The molecule has 0 saturated carbocycles. The Hall–Kier alpha value is -0.360. The van der Waals surface area contributed by atoms with Crippen LogP contribution < -0.4 is 10.1 Å². The summed E-state index contributed by atoms with van der Waals surface area (Å²) < 4.78 is 7.71. The molecule has 2 nitrogen and oxygen atoms in total. The van der Waals surface area contributed by atoms with Gasteiger partial charge in [-0.15, -0.1) is 11.3 Å². The Balaban J connectivity index is 2.26. The summed E-state index contributed by atoms with van der Waals surface area (Å²) in [6.45, 7) is 0. The van der Waals surface area contributed by atoms with Crippen LogP contribution in [0.1, 0.15) is 17.2 Å². The van der Waals surface area contributed by atoms with Crippen LogP contribution in [-0.2, 0) is 6.42 Å². The van der Waals surface area contributed by atoms with Gasteiger partial charge in [0.15, 0.2) is 0 Å². The maximum Gasteiger partial charge on any atom is 0.122 e. The molecule has 0 spiro atoms. The quantitative estimate of drug-likeness (QED) is 0.773. The van der Waals surface area contributed by atoms with Crippen LogP contribution in [0.4, 0.5) is 0 Å². The maximum absolute atomic E-state index is 5.42. The van der Waals surface area contributed by atoms with Crippen molar-refractivity contribution in [3.63, 3.8) is 0 Å². The summed E-state index contributed by atoms with van der Waals surface area (Å²) in [6, 6.07) is 10.6. The van der Waals surface area contributed by atoms with Crippen LogP contribution in [0.5, 0.6) is 5.75 Å². The number of methoxy groups -OCH3 is 1. The van der Waals surface area contributed by atoms with Gasteiger partial charge in [-0.25, -0.2) is 0 Å². The summed E-state index contributed by atoms with van der Waals surface area (Å²) in [7, 11) is 3.70. The number of para-hydroxylation sites is 1. The van der Waals surface area contributed by atoms with Crippen molar-refractivity contribution in [1.29, 1.82) is 0 Å². The lowest BCUT2D eigenvalue weighted by Gasteiger charge is -2.17. The molecule has 0 bridgehead atoms. The highest BCUT2D eigenvalue weighted by Gasteiger charge is 2.17. The summed E-state index contributed by atoms with van der Waals surface area (Å²) >= 11 is 8.85. The smallest absolute Gasteiger partial charge is 0.122 e. The van der Waals surface area contributed by atoms with Gasteiger partial charge in [-0.1, -0.05) is 18.2 Å². The average molecular weight is 405 g/mol. The fourth-order valence-electron chi connectivity index (χ4n) is 2.05. The molecule has 1 aromatic heterocycles. The maximum atomic E-state index is 5.42. The number of ether oxygens (including phenoxy) is 1. The molecule has 1 heterocycles. The molecule has 5 heteroatoms. The Morgan fingerprint density at radius 2 is 2.05 bits per heavy atom. The molecule has 1 atom stereocenters. The molecule has 0 aliphatic carbocycles. The first-order chi connectivity index (χ1) is 9.15. The highest BCUT2D eigenvalue weighted by atomic mass is 79.9. The van der Waals surface area contributed by atoms with Crippen molar-refractivity contribution in [2.24, 2.45) is 0 Å². The fraction of sp³-hybridized carbons (Fsp3) is 0.286. The third kappa shape index (κ3) is 3.60. The molecule has 0 radical (unpaired) electrons. The van der Waals surface area contributed by atoms with Crippen molar-refractivity contribution in [3.8, 4) is 5.75 Å². The second-order valence-corrected chi connectivity index (χ2v) is 7.89. The van der Waals surface area contributed by atoms with Gasteiger partial charge in [-0.2, -0.15) is 0 Å². The van der Waals surface area contributed by atoms with E-state index in [9.17, 15) is 0 Å². The van der Waals surface area contributed by atoms with Crippen LogP contribution in [-0.4, -0.2) is 14.2 Å². The molecule has 2 rings (SSSR count). The van der Waals surface area contributed by atoms with E-state index in [-0.39, 0.29) is 6.04 Å². The number of rotatable bonds is 5. The second kappa shape index (κ2) is 6.88. The Bertz CT molecular complexity index is 556. The molecule has 19 heavy (non-hydrogen) atoms. The first-order valence-electron chi connectivity index (χ1n) is 5.89. The Morgan fingerprint density at radius 1 is 1.32 bits per heavy atom. The summed E-state index contributed by atoms with van der Waals surface area (Å²) in [4.78, 5) is 0. The second-order valence-electron chi connectivity index (χ2n) is 4.14. The van der Waals surface area contributed by atoms with Gasteiger partial charge in [0.05, 0.1) is 14.7 Å². The average Bonchev–Trinajstić information content (AvgIpc) is 2.75. The number of thiophene rings is 1. The highest BCUT2D eigenvalue weighted by Crippen LogP contribution is 2.37. The van der Waals surface area contributed by atoms with Crippen LogP contribution in [0.2, 0.25) is 0 Å². The number of hydrogen-bond acceptors (Lipinski definition) is 3. The minimum absolute atomic E-state index is 0.258. The Kier molecular flexibility index (Phi) is 5.45. The van der Waals surface area contributed by atoms with Gasteiger partial charge < -0.3 is 10.1 Å². The minimum Gasteiger partial charge on any atom is -0.496 e. The van der Waals surface area contributed by atoms with Gasteiger partial charge in [0.25, 0.3) is 0 Å². The number of benzene rings is 1. The molecule has 1 unspecified atom stereocenters. The lowest BCUT2D eigenvalue weighted by molar-refractivity contribution is 0.406. The lowest BCUT2D eigenvalue weighted by Crippen LogP contribution is -2.18. The molecule has 0 amide bonds. The van der Waals surface area contributed by atoms with E-state index < -0.39 is 0 Å². The Labute approximate surface area is 134 Å². The van der Waals surface area contributed by atoms with Crippen LogP contribution >= 0.6 is 43.2 Å². The van der Waals surface area contributed by atoms with E-state index in [1.54, 1.807) is 18.4 Å². The largest absolute Gasteiger partial charge is 0.496 e. The van der Waals surface area contributed by atoms with E-state index in [1.807, 2.05) is 25.2 Å². The fourth-order valence-corrected chi connectivity index (χ4v) is 5.02. The third-order valence-electron chi connectivity index (χ3n) is 3.02. The first-order valence-corrected chi connectivity index (χ1v) is 8.29. The summed E-state index contributed by atoms with van der Waals surface area (Å²) in [5, 5.41) is 3.37. The van der Waals surface area contributed by atoms with Gasteiger partial charge in [-0.3, -0.25) is 0 Å². The van der Waals surface area contributed by atoms with Crippen LogP contribution in [0.25, 0.3) is 0 Å². The highest BCUT2D eigenvalue weighted by molar-refractivity contribution is 9.12. The molecule has 102 valence electrons. The Morgan fingerprint density at radius 3 is 2.63 bits per heavy atom. The zero-order chi connectivity index (χ0) is 13.8. The normalized spacial score (nSPS) is 12.4.